The van der Waals surface area contributed by atoms with Gasteiger partial charge in [0, 0.05) is 6.54 Å². The molecule has 2 aromatic carbocycles. The highest BCUT2D eigenvalue weighted by atomic mass is 35.5. The summed E-state index contributed by atoms with van der Waals surface area (Å²) in [7, 11) is 0. The van der Waals surface area contributed by atoms with E-state index in [2.05, 4.69) is 16.7 Å². The highest BCUT2D eigenvalue weighted by Gasteiger charge is 2.09. The van der Waals surface area contributed by atoms with Gasteiger partial charge in [-0.1, -0.05) is 47.5 Å². The van der Waals surface area contributed by atoms with E-state index in [1.165, 1.54) is 23.8 Å². The number of aryl methyl sites for hydroxylation is 1. The second-order valence-electron chi connectivity index (χ2n) is 4.72. The van der Waals surface area contributed by atoms with Gasteiger partial charge in [-0.2, -0.15) is 0 Å². The zero-order valence-corrected chi connectivity index (χ0v) is 12.4. The van der Waals surface area contributed by atoms with E-state index in [0.717, 1.165) is 5.56 Å². The summed E-state index contributed by atoms with van der Waals surface area (Å²) in [6.45, 7) is 2.48. The zero-order valence-electron chi connectivity index (χ0n) is 11.6. The normalized spacial score (nSPS) is 10.2. The minimum Gasteiger partial charge on any atom is -0.338 e. The Balaban J connectivity index is 1.85. The van der Waals surface area contributed by atoms with E-state index in [4.69, 9.17) is 11.6 Å². The molecule has 0 aromatic heterocycles. The fraction of sp³-hybridized carbons (Fsp3) is 0.188. The van der Waals surface area contributed by atoms with Gasteiger partial charge in [0.25, 0.3) is 0 Å². The number of anilines is 1. The molecule has 0 bridgehead atoms. The number of benzene rings is 2. The fourth-order valence-corrected chi connectivity index (χ4v) is 2.17. The molecule has 0 aliphatic carbocycles. The third-order valence-electron chi connectivity index (χ3n) is 2.98. The van der Waals surface area contributed by atoms with Crippen LogP contribution in [0.4, 0.5) is 14.9 Å². The van der Waals surface area contributed by atoms with E-state index in [1.807, 2.05) is 25.1 Å². The van der Waals surface area contributed by atoms with Crippen molar-refractivity contribution in [3.8, 4) is 0 Å². The fourth-order valence-electron chi connectivity index (χ4n) is 1.96. The maximum atomic E-state index is 13.5. The molecule has 2 N–H and O–H groups in total. The Kier molecular flexibility index (Phi) is 5.17. The van der Waals surface area contributed by atoms with Crippen LogP contribution in [0.15, 0.2) is 42.5 Å². The molecule has 0 unspecified atom stereocenters. The van der Waals surface area contributed by atoms with Gasteiger partial charge in [-0.3, -0.25) is 0 Å². The Labute approximate surface area is 128 Å². The Bertz CT molecular complexity index is 626. The minimum absolute atomic E-state index is 0.00720. The summed E-state index contributed by atoms with van der Waals surface area (Å²) >= 11 is 5.84. The van der Waals surface area contributed by atoms with Gasteiger partial charge >= 0.3 is 6.03 Å². The summed E-state index contributed by atoms with van der Waals surface area (Å²) in [6.07, 6.45) is 0.708. The predicted molar refractivity (Wildman–Crippen MR) is 83.3 cm³/mol. The lowest BCUT2D eigenvalue weighted by Gasteiger charge is -2.10. The van der Waals surface area contributed by atoms with Crippen molar-refractivity contribution in [2.24, 2.45) is 0 Å². The number of hydrogen-bond donors (Lipinski definition) is 2. The number of rotatable bonds is 4. The lowest BCUT2D eigenvalue weighted by Crippen LogP contribution is -2.30. The predicted octanol–water partition coefficient (Wildman–Crippen LogP) is 4.15. The molecular formula is C16H16ClFN2O. The van der Waals surface area contributed by atoms with Crippen molar-refractivity contribution in [3.63, 3.8) is 0 Å². The van der Waals surface area contributed by atoms with Crippen LogP contribution in [0.1, 0.15) is 11.1 Å². The van der Waals surface area contributed by atoms with Gasteiger partial charge in [-0.25, -0.2) is 9.18 Å². The van der Waals surface area contributed by atoms with Gasteiger partial charge in [0.05, 0.1) is 10.7 Å². The SMILES string of the molecule is Cc1cccc(CCNC(=O)Nc2c(F)cccc2Cl)c1. The standard InChI is InChI=1S/C16H16ClFN2O/c1-11-4-2-5-12(10-11)8-9-19-16(21)20-15-13(17)6-3-7-14(15)18/h2-7,10H,8-9H2,1H3,(H2,19,20,21). The lowest BCUT2D eigenvalue weighted by molar-refractivity contribution is 0.252. The summed E-state index contributed by atoms with van der Waals surface area (Å²) in [6, 6.07) is 11.8. The molecule has 0 saturated carbocycles. The molecule has 3 nitrogen and oxygen atoms in total. The Morgan fingerprint density at radius 3 is 2.71 bits per heavy atom. The number of amides is 2. The first-order chi connectivity index (χ1) is 10.1. The molecule has 21 heavy (non-hydrogen) atoms. The first-order valence-corrected chi connectivity index (χ1v) is 6.98. The van der Waals surface area contributed by atoms with Crippen molar-refractivity contribution in [1.29, 1.82) is 0 Å². The van der Waals surface area contributed by atoms with Gasteiger partial charge < -0.3 is 10.6 Å². The van der Waals surface area contributed by atoms with E-state index in [0.29, 0.717) is 13.0 Å². The largest absolute Gasteiger partial charge is 0.338 e. The molecule has 0 fully saturated rings. The monoisotopic (exact) mass is 306 g/mol. The second kappa shape index (κ2) is 7.09. The quantitative estimate of drug-likeness (QED) is 0.875. The lowest BCUT2D eigenvalue weighted by atomic mass is 10.1. The molecule has 2 amide bonds. The number of para-hydroxylation sites is 1. The van der Waals surface area contributed by atoms with Gasteiger partial charge in [-0.15, -0.1) is 0 Å². The van der Waals surface area contributed by atoms with E-state index in [9.17, 15) is 9.18 Å². The molecule has 0 spiro atoms. The smallest absolute Gasteiger partial charge is 0.319 e. The molecule has 5 heteroatoms. The molecule has 0 aliphatic rings. The van der Waals surface area contributed by atoms with Crippen LogP contribution in [-0.2, 0) is 6.42 Å². The van der Waals surface area contributed by atoms with Crippen LogP contribution in [-0.4, -0.2) is 12.6 Å². The van der Waals surface area contributed by atoms with E-state index < -0.39 is 11.8 Å². The first-order valence-electron chi connectivity index (χ1n) is 6.60. The van der Waals surface area contributed by atoms with Gasteiger partial charge in [0.2, 0.25) is 0 Å². The van der Waals surface area contributed by atoms with Gasteiger partial charge in [-0.05, 0) is 31.0 Å². The molecular weight excluding hydrogens is 291 g/mol. The number of hydrogen-bond acceptors (Lipinski definition) is 1. The van der Waals surface area contributed by atoms with Crippen LogP contribution in [0.5, 0.6) is 0 Å². The van der Waals surface area contributed by atoms with Crippen molar-refractivity contribution in [2.45, 2.75) is 13.3 Å². The number of carbonyl (C=O) groups is 1. The van der Waals surface area contributed by atoms with Crippen LogP contribution < -0.4 is 10.6 Å². The third-order valence-corrected chi connectivity index (χ3v) is 3.30. The minimum atomic E-state index is -0.559. The van der Waals surface area contributed by atoms with E-state index in [-0.39, 0.29) is 10.7 Å². The summed E-state index contributed by atoms with van der Waals surface area (Å²) in [5.41, 5.74) is 2.31. The van der Waals surface area contributed by atoms with Crippen molar-refractivity contribution >= 4 is 23.3 Å². The molecule has 110 valence electrons. The number of urea groups is 1. The number of halogens is 2. The first kappa shape index (κ1) is 15.3. The summed E-state index contributed by atoms with van der Waals surface area (Å²) in [5, 5.41) is 5.27. The highest BCUT2D eigenvalue weighted by molar-refractivity contribution is 6.33. The Morgan fingerprint density at radius 1 is 1.24 bits per heavy atom. The van der Waals surface area contributed by atoms with Gasteiger partial charge in [0.15, 0.2) is 0 Å². The zero-order chi connectivity index (χ0) is 15.2. The summed E-state index contributed by atoms with van der Waals surface area (Å²) < 4.78 is 13.5. The molecule has 0 aliphatic heterocycles. The highest BCUT2D eigenvalue weighted by Crippen LogP contribution is 2.24. The van der Waals surface area contributed by atoms with Crippen LogP contribution in [0.25, 0.3) is 0 Å². The maximum absolute atomic E-state index is 13.5. The third kappa shape index (κ3) is 4.46. The average Bonchev–Trinajstić information content (AvgIpc) is 2.43. The van der Waals surface area contributed by atoms with E-state index >= 15 is 0 Å². The van der Waals surface area contributed by atoms with Crippen molar-refractivity contribution in [3.05, 3.63) is 64.4 Å². The van der Waals surface area contributed by atoms with E-state index in [1.54, 1.807) is 0 Å². The average molecular weight is 307 g/mol. The Hall–Kier alpha value is -2.07. The van der Waals surface area contributed by atoms with Crippen molar-refractivity contribution in [1.82, 2.24) is 5.32 Å². The summed E-state index contributed by atoms with van der Waals surface area (Å²) in [5.74, 6) is -0.559. The van der Waals surface area contributed by atoms with Crippen molar-refractivity contribution < 1.29 is 9.18 Å². The maximum Gasteiger partial charge on any atom is 0.319 e. The summed E-state index contributed by atoms with van der Waals surface area (Å²) in [4.78, 5) is 11.7. The second-order valence-corrected chi connectivity index (χ2v) is 5.12. The van der Waals surface area contributed by atoms with Crippen LogP contribution in [0, 0.1) is 12.7 Å². The van der Waals surface area contributed by atoms with Crippen LogP contribution in [0.2, 0.25) is 5.02 Å². The molecule has 0 radical (unpaired) electrons. The molecule has 2 aromatic rings. The number of nitrogens with one attached hydrogen (secondary N) is 2. The van der Waals surface area contributed by atoms with Gasteiger partial charge in [0.1, 0.15) is 5.82 Å². The molecule has 2 rings (SSSR count). The van der Waals surface area contributed by atoms with Crippen molar-refractivity contribution in [2.75, 3.05) is 11.9 Å². The molecule has 0 atom stereocenters. The topological polar surface area (TPSA) is 41.1 Å². The Morgan fingerprint density at radius 2 is 2.00 bits per heavy atom. The number of carbonyl (C=O) groups excluding carboxylic acids is 1. The molecule has 0 saturated heterocycles. The van der Waals surface area contributed by atoms with Crippen LogP contribution >= 0.6 is 11.6 Å². The van der Waals surface area contributed by atoms with Crippen LogP contribution in [0.3, 0.4) is 0 Å². The molecule has 0 heterocycles.